The number of hydrogen-bond donors (Lipinski definition) is 0. The summed E-state index contributed by atoms with van der Waals surface area (Å²) in [7, 11) is 2.09. The van der Waals surface area contributed by atoms with Crippen molar-refractivity contribution >= 4 is 16.6 Å². The molecule has 0 bridgehead atoms. The van der Waals surface area contributed by atoms with Crippen molar-refractivity contribution in [2.75, 3.05) is 11.4 Å². The molecule has 1 aromatic heterocycles. The number of anilines is 1. The van der Waals surface area contributed by atoms with Crippen LogP contribution >= 0.6 is 0 Å². The third-order valence-electron chi connectivity index (χ3n) is 5.72. The minimum absolute atomic E-state index is 0.207. The standard InChI is InChI=1S/C26H21FN2/c1-28-23-13-7-5-11-20(23)21-17-18-29(24-14-8-6-12-22(24)27)25(26(21)28)16-15-19-9-3-2-4-10-19/h2-14,25H,17-18H2,1H3. The predicted molar refractivity (Wildman–Crippen MR) is 116 cm³/mol. The van der Waals surface area contributed by atoms with Crippen molar-refractivity contribution in [2.45, 2.75) is 12.5 Å². The Balaban J connectivity index is 1.71. The van der Waals surface area contributed by atoms with E-state index < -0.39 is 0 Å². The normalized spacial score (nSPS) is 15.7. The molecule has 1 aliphatic heterocycles. The van der Waals surface area contributed by atoms with E-state index in [2.05, 4.69) is 52.6 Å². The summed E-state index contributed by atoms with van der Waals surface area (Å²) < 4.78 is 16.9. The molecule has 1 aliphatic rings. The van der Waals surface area contributed by atoms with Crippen LogP contribution in [0.4, 0.5) is 10.1 Å². The van der Waals surface area contributed by atoms with Crippen LogP contribution in [0.25, 0.3) is 10.9 Å². The topological polar surface area (TPSA) is 8.17 Å². The van der Waals surface area contributed by atoms with Crippen LogP contribution in [0.2, 0.25) is 0 Å². The fourth-order valence-corrected chi connectivity index (χ4v) is 4.38. The first-order chi connectivity index (χ1) is 14.2. The van der Waals surface area contributed by atoms with E-state index in [1.54, 1.807) is 6.07 Å². The van der Waals surface area contributed by atoms with E-state index in [1.807, 2.05) is 42.5 Å². The summed E-state index contributed by atoms with van der Waals surface area (Å²) in [4.78, 5) is 2.10. The highest BCUT2D eigenvalue weighted by Crippen LogP contribution is 2.39. The van der Waals surface area contributed by atoms with Crippen molar-refractivity contribution in [1.29, 1.82) is 0 Å². The lowest BCUT2D eigenvalue weighted by Crippen LogP contribution is -2.36. The first-order valence-corrected chi connectivity index (χ1v) is 9.88. The van der Waals surface area contributed by atoms with Gasteiger partial charge in [0.2, 0.25) is 0 Å². The first kappa shape index (κ1) is 17.6. The molecule has 142 valence electrons. The average molecular weight is 380 g/mol. The van der Waals surface area contributed by atoms with Crippen molar-refractivity contribution in [3.63, 3.8) is 0 Å². The average Bonchev–Trinajstić information content (AvgIpc) is 3.06. The highest BCUT2D eigenvalue weighted by Gasteiger charge is 2.32. The maximum Gasteiger partial charge on any atom is 0.146 e. The maximum atomic E-state index is 14.7. The van der Waals surface area contributed by atoms with Gasteiger partial charge in [-0.3, -0.25) is 0 Å². The molecule has 0 fully saturated rings. The Kier molecular flexibility index (Phi) is 4.33. The Morgan fingerprint density at radius 2 is 1.62 bits per heavy atom. The van der Waals surface area contributed by atoms with Gasteiger partial charge in [0.05, 0.1) is 11.4 Å². The van der Waals surface area contributed by atoms with Gasteiger partial charge in [0.1, 0.15) is 11.9 Å². The number of para-hydroxylation sites is 2. The zero-order valence-corrected chi connectivity index (χ0v) is 16.3. The second kappa shape index (κ2) is 7.14. The number of aryl methyl sites for hydroxylation is 1. The lowest BCUT2D eigenvalue weighted by atomic mass is 9.96. The predicted octanol–water partition coefficient (Wildman–Crippen LogP) is 5.47. The number of fused-ring (bicyclic) bond motifs is 3. The maximum absolute atomic E-state index is 14.7. The lowest BCUT2D eigenvalue weighted by molar-refractivity contribution is 0.590. The molecule has 2 heterocycles. The van der Waals surface area contributed by atoms with Crippen molar-refractivity contribution in [3.8, 4) is 11.8 Å². The van der Waals surface area contributed by atoms with Crippen molar-refractivity contribution in [1.82, 2.24) is 4.57 Å². The van der Waals surface area contributed by atoms with Gasteiger partial charge in [-0.1, -0.05) is 60.4 Å². The molecule has 29 heavy (non-hydrogen) atoms. The zero-order chi connectivity index (χ0) is 19.8. The number of benzene rings is 3. The molecule has 0 amide bonds. The van der Waals surface area contributed by atoms with Crippen LogP contribution in [0.5, 0.6) is 0 Å². The van der Waals surface area contributed by atoms with Gasteiger partial charge in [0.25, 0.3) is 0 Å². The highest BCUT2D eigenvalue weighted by atomic mass is 19.1. The van der Waals surface area contributed by atoms with Crippen molar-refractivity contribution in [3.05, 3.63) is 102 Å². The summed E-state index contributed by atoms with van der Waals surface area (Å²) in [6.07, 6.45) is 0.870. The number of hydrogen-bond acceptors (Lipinski definition) is 1. The molecule has 0 aliphatic carbocycles. The third-order valence-corrected chi connectivity index (χ3v) is 5.72. The molecule has 0 N–H and O–H groups in total. The van der Waals surface area contributed by atoms with Crippen LogP contribution in [0.15, 0.2) is 78.9 Å². The Morgan fingerprint density at radius 3 is 2.45 bits per heavy atom. The summed E-state index contributed by atoms with van der Waals surface area (Å²) in [5.41, 5.74) is 5.24. The van der Waals surface area contributed by atoms with Gasteiger partial charge < -0.3 is 9.47 Å². The summed E-state index contributed by atoms with van der Waals surface area (Å²) in [5, 5.41) is 1.27. The smallest absolute Gasteiger partial charge is 0.146 e. The monoisotopic (exact) mass is 380 g/mol. The molecule has 2 nitrogen and oxygen atoms in total. The Labute approximate surface area is 170 Å². The van der Waals surface area contributed by atoms with E-state index in [1.165, 1.54) is 22.5 Å². The molecule has 3 heteroatoms. The van der Waals surface area contributed by atoms with Crippen molar-refractivity contribution < 1.29 is 4.39 Å². The second-order valence-corrected chi connectivity index (χ2v) is 7.37. The molecule has 0 saturated carbocycles. The first-order valence-electron chi connectivity index (χ1n) is 9.88. The Morgan fingerprint density at radius 1 is 0.897 bits per heavy atom. The number of aromatic nitrogens is 1. The fourth-order valence-electron chi connectivity index (χ4n) is 4.38. The number of halogens is 1. The molecule has 3 aromatic carbocycles. The van der Waals surface area contributed by atoms with Gasteiger partial charge in [-0.2, -0.15) is 0 Å². The quantitative estimate of drug-likeness (QED) is 0.397. The minimum atomic E-state index is -0.215. The van der Waals surface area contributed by atoms with Crippen LogP contribution in [-0.2, 0) is 13.5 Å². The Bertz CT molecular complexity index is 1240. The third kappa shape index (κ3) is 2.98. The van der Waals surface area contributed by atoms with Gasteiger partial charge in [0, 0.05) is 30.1 Å². The number of nitrogens with zero attached hydrogens (tertiary/aromatic N) is 2. The summed E-state index contributed by atoms with van der Waals surface area (Å²) >= 11 is 0. The zero-order valence-electron chi connectivity index (χ0n) is 16.3. The SMILES string of the molecule is Cn1c2c(c3ccccc31)CCN(c1ccccc1F)C2C#Cc1ccccc1. The summed E-state index contributed by atoms with van der Waals surface area (Å²) in [6, 6.07) is 25.2. The van der Waals surface area contributed by atoms with E-state index in [0.29, 0.717) is 5.69 Å². The van der Waals surface area contributed by atoms with E-state index in [9.17, 15) is 4.39 Å². The molecule has 0 saturated heterocycles. The summed E-state index contributed by atoms with van der Waals surface area (Å²) in [6.45, 7) is 0.732. The van der Waals surface area contributed by atoms with Crippen LogP contribution in [0.1, 0.15) is 22.9 Å². The second-order valence-electron chi connectivity index (χ2n) is 7.37. The molecule has 0 radical (unpaired) electrons. The minimum Gasteiger partial charge on any atom is -0.350 e. The molecule has 5 rings (SSSR count). The van der Waals surface area contributed by atoms with E-state index in [4.69, 9.17) is 0 Å². The molecule has 1 atom stereocenters. The molecular weight excluding hydrogens is 359 g/mol. The largest absolute Gasteiger partial charge is 0.350 e. The van der Waals surface area contributed by atoms with E-state index in [-0.39, 0.29) is 11.9 Å². The van der Waals surface area contributed by atoms with Crippen LogP contribution in [0, 0.1) is 17.7 Å². The van der Waals surface area contributed by atoms with Gasteiger partial charge in [-0.05, 0) is 42.3 Å². The van der Waals surface area contributed by atoms with Crippen LogP contribution < -0.4 is 4.90 Å². The van der Waals surface area contributed by atoms with Crippen LogP contribution in [-0.4, -0.2) is 11.1 Å². The van der Waals surface area contributed by atoms with Gasteiger partial charge in [0.15, 0.2) is 0 Å². The van der Waals surface area contributed by atoms with E-state index >= 15 is 0 Å². The van der Waals surface area contributed by atoms with E-state index in [0.717, 1.165) is 24.2 Å². The summed E-state index contributed by atoms with van der Waals surface area (Å²) in [5.74, 6) is 6.57. The number of rotatable bonds is 1. The molecule has 0 spiro atoms. The fraction of sp³-hybridized carbons (Fsp3) is 0.154. The van der Waals surface area contributed by atoms with Gasteiger partial charge in [-0.15, -0.1) is 0 Å². The molecule has 4 aromatic rings. The van der Waals surface area contributed by atoms with Crippen LogP contribution in [0.3, 0.4) is 0 Å². The van der Waals surface area contributed by atoms with Gasteiger partial charge in [-0.25, -0.2) is 4.39 Å². The molecule has 1 unspecified atom stereocenters. The lowest BCUT2D eigenvalue weighted by Gasteiger charge is -2.35. The highest BCUT2D eigenvalue weighted by molar-refractivity contribution is 5.87. The molecular formula is C26H21FN2. The van der Waals surface area contributed by atoms with Crippen molar-refractivity contribution in [2.24, 2.45) is 7.05 Å². The Hall–Kier alpha value is -3.51. The van der Waals surface area contributed by atoms with Gasteiger partial charge >= 0.3 is 0 Å².